The summed E-state index contributed by atoms with van der Waals surface area (Å²) in [5, 5.41) is 27.8. The Bertz CT molecular complexity index is 1490. The van der Waals surface area contributed by atoms with Crippen LogP contribution in [0.25, 0.3) is 5.69 Å². The number of phenolic OH excluding ortho intramolecular Hbond substituents is 1. The Morgan fingerprint density at radius 2 is 1.71 bits per heavy atom. The second kappa shape index (κ2) is 11.4. The maximum atomic E-state index is 12.6. The summed E-state index contributed by atoms with van der Waals surface area (Å²) in [7, 11) is 0. The monoisotopic (exact) mass is 570 g/mol. The van der Waals surface area contributed by atoms with E-state index in [1.54, 1.807) is 12.1 Å². The van der Waals surface area contributed by atoms with Crippen LogP contribution < -0.4 is 10.6 Å². The fourth-order valence-corrected chi connectivity index (χ4v) is 4.56. The number of tetrazole rings is 1. The van der Waals surface area contributed by atoms with Crippen molar-refractivity contribution in [3.8, 4) is 11.4 Å². The summed E-state index contributed by atoms with van der Waals surface area (Å²) >= 11 is 14.0. The quantitative estimate of drug-likeness (QED) is 0.234. The third kappa shape index (κ3) is 6.63. The highest BCUT2D eigenvalue weighted by atomic mass is 35.5. The van der Waals surface area contributed by atoms with Crippen LogP contribution >= 0.6 is 35.0 Å². The van der Waals surface area contributed by atoms with Crippen LogP contribution in [-0.4, -0.2) is 42.9 Å². The van der Waals surface area contributed by atoms with Gasteiger partial charge in [0.05, 0.1) is 27.2 Å². The lowest BCUT2D eigenvalue weighted by atomic mass is 9.87. The Hall–Kier alpha value is -3.60. The van der Waals surface area contributed by atoms with Gasteiger partial charge in [0.25, 0.3) is 5.91 Å². The SMILES string of the molecule is CC(C)(C)c1ccc(-n2nnnc2SCC(=O)Nc2ccc(NC(=O)c3ccc(O)cc3)cc2Cl)c(Cl)c1. The van der Waals surface area contributed by atoms with Crippen molar-refractivity contribution in [2.45, 2.75) is 31.3 Å². The number of benzene rings is 3. The second-order valence-electron chi connectivity index (χ2n) is 9.32. The summed E-state index contributed by atoms with van der Waals surface area (Å²) in [6.45, 7) is 6.30. The van der Waals surface area contributed by atoms with Gasteiger partial charge in [-0.15, -0.1) is 5.10 Å². The molecule has 0 aliphatic carbocycles. The summed E-state index contributed by atoms with van der Waals surface area (Å²) in [6, 6.07) is 16.3. The summed E-state index contributed by atoms with van der Waals surface area (Å²) in [5.74, 6) is -0.590. The zero-order valence-electron chi connectivity index (χ0n) is 20.7. The number of hydrogen-bond acceptors (Lipinski definition) is 7. The van der Waals surface area contributed by atoms with Crippen molar-refractivity contribution < 1.29 is 14.7 Å². The van der Waals surface area contributed by atoms with E-state index in [0.29, 0.717) is 32.8 Å². The highest BCUT2D eigenvalue weighted by Crippen LogP contribution is 2.31. The van der Waals surface area contributed by atoms with Crippen LogP contribution in [0, 0.1) is 0 Å². The van der Waals surface area contributed by atoms with Gasteiger partial charge in [-0.3, -0.25) is 9.59 Å². The van der Waals surface area contributed by atoms with Crippen LogP contribution in [0.2, 0.25) is 10.0 Å². The van der Waals surface area contributed by atoms with Crippen molar-refractivity contribution in [2.24, 2.45) is 0 Å². The second-order valence-corrected chi connectivity index (χ2v) is 11.1. The fourth-order valence-electron chi connectivity index (χ4n) is 3.39. The maximum absolute atomic E-state index is 12.6. The van der Waals surface area contributed by atoms with Crippen LogP contribution in [0.4, 0.5) is 11.4 Å². The molecule has 0 aliphatic rings. The summed E-state index contributed by atoms with van der Waals surface area (Å²) in [5.41, 5.74) is 2.85. The molecule has 0 saturated heterocycles. The van der Waals surface area contributed by atoms with Crippen LogP contribution in [0.3, 0.4) is 0 Å². The standard InChI is InChI=1S/C26H24Cl2N6O3S/c1-26(2,3)16-6-11-22(20(28)12-16)34-25(31-32-33-34)38-14-23(36)30-21-10-7-17(13-19(21)27)29-24(37)15-4-8-18(35)9-5-15/h4-13,35H,14H2,1-3H3,(H,29,37)(H,30,36). The minimum Gasteiger partial charge on any atom is -0.508 e. The molecule has 1 aromatic heterocycles. The molecular weight excluding hydrogens is 547 g/mol. The number of amides is 2. The minimum atomic E-state index is -0.361. The van der Waals surface area contributed by atoms with Crippen LogP contribution in [0.1, 0.15) is 36.7 Å². The van der Waals surface area contributed by atoms with Gasteiger partial charge in [-0.05, 0) is 76.0 Å². The number of nitrogens with zero attached hydrogens (tertiary/aromatic N) is 4. The van der Waals surface area contributed by atoms with E-state index in [2.05, 4.69) is 46.9 Å². The molecule has 38 heavy (non-hydrogen) atoms. The van der Waals surface area contributed by atoms with Gasteiger partial charge in [0.1, 0.15) is 5.75 Å². The molecule has 0 atom stereocenters. The van der Waals surface area contributed by atoms with Crippen molar-refractivity contribution in [3.05, 3.63) is 81.8 Å². The molecular formula is C26H24Cl2N6O3S. The average molecular weight is 571 g/mol. The lowest BCUT2D eigenvalue weighted by Crippen LogP contribution is -2.15. The molecule has 0 fully saturated rings. The van der Waals surface area contributed by atoms with E-state index in [4.69, 9.17) is 23.2 Å². The van der Waals surface area contributed by atoms with E-state index in [0.717, 1.165) is 17.3 Å². The molecule has 3 aromatic carbocycles. The van der Waals surface area contributed by atoms with Crippen molar-refractivity contribution in [1.29, 1.82) is 0 Å². The molecule has 0 aliphatic heterocycles. The molecule has 3 N–H and O–H groups in total. The number of halogens is 2. The normalized spacial score (nSPS) is 11.3. The van der Waals surface area contributed by atoms with E-state index in [1.807, 2.05) is 18.2 Å². The number of carbonyl (C=O) groups is 2. The topological polar surface area (TPSA) is 122 Å². The number of aromatic nitrogens is 4. The Morgan fingerprint density at radius 1 is 0.974 bits per heavy atom. The van der Waals surface area contributed by atoms with Gasteiger partial charge in [-0.1, -0.05) is 61.8 Å². The molecule has 0 spiro atoms. The molecule has 0 radical (unpaired) electrons. The average Bonchev–Trinajstić information content (AvgIpc) is 3.32. The number of thioether (sulfide) groups is 1. The van der Waals surface area contributed by atoms with Crippen molar-refractivity contribution in [3.63, 3.8) is 0 Å². The zero-order chi connectivity index (χ0) is 27.4. The summed E-state index contributed by atoms with van der Waals surface area (Å²) in [4.78, 5) is 25.0. The Kier molecular flexibility index (Phi) is 8.25. The minimum absolute atomic E-state index is 0.0216. The molecule has 0 bridgehead atoms. The van der Waals surface area contributed by atoms with E-state index in [9.17, 15) is 14.7 Å². The Balaban J connectivity index is 1.37. The molecule has 4 aromatic rings. The van der Waals surface area contributed by atoms with E-state index < -0.39 is 0 Å². The highest BCUT2D eigenvalue weighted by Gasteiger charge is 2.19. The van der Waals surface area contributed by atoms with Crippen molar-refractivity contribution >= 4 is 58.2 Å². The molecule has 196 valence electrons. The maximum Gasteiger partial charge on any atom is 0.255 e. The summed E-state index contributed by atoms with van der Waals surface area (Å²) < 4.78 is 1.49. The lowest BCUT2D eigenvalue weighted by molar-refractivity contribution is -0.113. The number of aromatic hydroxyl groups is 1. The fraction of sp³-hybridized carbons (Fsp3) is 0.192. The molecule has 0 unspecified atom stereocenters. The zero-order valence-corrected chi connectivity index (χ0v) is 23.0. The molecule has 4 rings (SSSR count). The van der Waals surface area contributed by atoms with Crippen LogP contribution in [-0.2, 0) is 10.2 Å². The van der Waals surface area contributed by atoms with E-state index >= 15 is 0 Å². The van der Waals surface area contributed by atoms with Crippen molar-refractivity contribution in [1.82, 2.24) is 20.2 Å². The first kappa shape index (κ1) is 27.4. The van der Waals surface area contributed by atoms with Gasteiger partial charge >= 0.3 is 0 Å². The van der Waals surface area contributed by atoms with Gasteiger partial charge in [0.15, 0.2) is 0 Å². The number of phenols is 1. The number of anilines is 2. The largest absolute Gasteiger partial charge is 0.508 e. The smallest absolute Gasteiger partial charge is 0.255 e. The predicted octanol–water partition coefficient (Wildman–Crippen LogP) is 5.96. The third-order valence-electron chi connectivity index (χ3n) is 5.45. The predicted molar refractivity (Wildman–Crippen MR) is 150 cm³/mol. The third-order valence-corrected chi connectivity index (χ3v) is 6.98. The van der Waals surface area contributed by atoms with E-state index in [1.165, 1.54) is 35.0 Å². The molecule has 1 heterocycles. The lowest BCUT2D eigenvalue weighted by Gasteiger charge is -2.20. The van der Waals surface area contributed by atoms with E-state index in [-0.39, 0.29) is 33.8 Å². The number of rotatable bonds is 7. The Labute approximate surface area is 233 Å². The number of nitrogens with one attached hydrogen (secondary N) is 2. The highest BCUT2D eigenvalue weighted by molar-refractivity contribution is 7.99. The first-order valence-electron chi connectivity index (χ1n) is 11.4. The number of carbonyl (C=O) groups excluding carboxylic acids is 2. The molecule has 12 heteroatoms. The van der Waals surface area contributed by atoms with Crippen molar-refractivity contribution in [2.75, 3.05) is 16.4 Å². The summed E-state index contributed by atoms with van der Waals surface area (Å²) in [6.07, 6.45) is 0. The van der Waals surface area contributed by atoms with Gasteiger partial charge < -0.3 is 15.7 Å². The van der Waals surface area contributed by atoms with Gasteiger partial charge in [0.2, 0.25) is 11.1 Å². The molecule has 0 saturated carbocycles. The van der Waals surface area contributed by atoms with Gasteiger partial charge in [0, 0.05) is 11.3 Å². The van der Waals surface area contributed by atoms with Crippen LogP contribution in [0.15, 0.2) is 65.8 Å². The molecule has 2 amide bonds. The first-order valence-corrected chi connectivity index (χ1v) is 13.2. The first-order chi connectivity index (χ1) is 18.0. The van der Waals surface area contributed by atoms with Crippen LogP contribution in [0.5, 0.6) is 5.75 Å². The number of hydrogen-bond donors (Lipinski definition) is 3. The van der Waals surface area contributed by atoms with Gasteiger partial charge in [-0.25, -0.2) is 0 Å². The van der Waals surface area contributed by atoms with Gasteiger partial charge in [-0.2, -0.15) is 4.68 Å². The molecule has 9 nitrogen and oxygen atoms in total. The Morgan fingerprint density at radius 3 is 2.37 bits per heavy atom.